The number of rotatable bonds is 1. The van der Waals surface area contributed by atoms with E-state index in [9.17, 15) is 4.79 Å². The Labute approximate surface area is 56.7 Å². The number of cyclic esters (lactones) is 1. The Morgan fingerprint density at radius 2 is 2.44 bits per heavy atom. The van der Waals surface area contributed by atoms with Gasteiger partial charge in [-0.05, 0) is 6.26 Å². The first-order valence-electron chi connectivity index (χ1n) is 2.39. The van der Waals surface area contributed by atoms with Crippen LogP contribution in [0.4, 0.5) is 0 Å². The molecular weight excluding hydrogens is 140 g/mol. The summed E-state index contributed by atoms with van der Waals surface area (Å²) in [5.41, 5.74) is 0. The van der Waals surface area contributed by atoms with E-state index in [-0.39, 0.29) is 12.4 Å². The van der Waals surface area contributed by atoms with E-state index < -0.39 is 5.97 Å². The summed E-state index contributed by atoms with van der Waals surface area (Å²) in [4.78, 5) is 10.9. The van der Waals surface area contributed by atoms with Crippen molar-refractivity contribution in [3.8, 4) is 0 Å². The van der Waals surface area contributed by atoms with Crippen LogP contribution >= 0.6 is 11.8 Å². The van der Waals surface area contributed by atoms with Gasteiger partial charge in [0.2, 0.25) is 0 Å². The topological polar surface area (TPSA) is 46.5 Å². The molecule has 0 aliphatic carbocycles. The van der Waals surface area contributed by atoms with E-state index in [0.29, 0.717) is 4.91 Å². The van der Waals surface area contributed by atoms with Crippen LogP contribution in [0, 0.1) is 0 Å². The Bertz CT molecular complexity index is 173. The highest BCUT2D eigenvalue weighted by atomic mass is 32.2. The van der Waals surface area contributed by atoms with Gasteiger partial charge in [-0.2, -0.15) is 0 Å². The van der Waals surface area contributed by atoms with Crippen LogP contribution in [-0.4, -0.2) is 23.9 Å². The van der Waals surface area contributed by atoms with E-state index in [1.807, 2.05) is 0 Å². The Morgan fingerprint density at radius 3 is 2.67 bits per heavy atom. The molecule has 3 nitrogen and oxygen atoms in total. The molecule has 1 aliphatic rings. The van der Waals surface area contributed by atoms with Crippen LogP contribution in [0.1, 0.15) is 0 Å². The summed E-state index contributed by atoms with van der Waals surface area (Å²) < 4.78 is 4.48. The minimum Gasteiger partial charge on any atom is -0.507 e. The number of esters is 1. The van der Waals surface area contributed by atoms with Gasteiger partial charge in [0, 0.05) is 0 Å². The van der Waals surface area contributed by atoms with Crippen molar-refractivity contribution in [2.75, 3.05) is 12.9 Å². The molecule has 0 bridgehead atoms. The number of aliphatic hydroxyl groups excluding tert-OH is 1. The normalized spacial score (nSPS) is 18.6. The zero-order valence-electron chi connectivity index (χ0n) is 4.88. The first-order valence-corrected chi connectivity index (χ1v) is 3.61. The van der Waals surface area contributed by atoms with Gasteiger partial charge in [0.1, 0.15) is 11.5 Å². The lowest BCUT2D eigenvalue weighted by atomic mass is 10.5. The molecule has 0 amide bonds. The zero-order valence-corrected chi connectivity index (χ0v) is 5.70. The van der Waals surface area contributed by atoms with Gasteiger partial charge in [-0.1, -0.05) is 0 Å². The van der Waals surface area contributed by atoms with E-state index in [2.05, 4.69) is 4.74 Å². The maximum atomic E-state index is 10.6. The number of aliphatic hydroxyl groups is 1. The largest absolute Gasteiger partial charge is 0.507 e. The average Bonchev–Trinajstić information content (AvgIpc) is 2.12. The van der Waals surface area contributed by atoms with E-state index in [4.69, 9.17) is 5.11 Å². The quantitative estimate of drug-likeness (QED) is 0.552. The second-order valence-corrected chi connectivity index (χ2v) is 2.37. The Balaban J connectivity index is 2.82. The number of hydrogen-bond donors (Lipinski definition) is 1. The van der Waals surface area contributed by atoms with Crippen molar-refractivity contribution in [2.45, 2.75) is 0 Å². The SMILES string of the molecule is CSC1=C(O)COC1=O. The van der Waals surface area contributed by atoms with Gasteiger partial charge in [0.05, 0.1) is 0 Å². The molecule has 0 fully saturated rings. The minimum atomic E-state index is -0.417. The molecule has 0 spiro atoms. The third-order valence-electron chi connectivity index (χ3n) is 0.992. The first-order chi connectivity index (χ1) is 4.25. The summed E-state index contributed by atoms with van der Waals surface area (Å²) >= 11 is 1.20. The van der Waals surface area contributed by atoms with Crippen LogP contribution in [0.2, 0.25) is 0 Å². The van der Waals surface area contributed by atoms with Crippen LogP contribution in [-0.2, 0) is 9.53 Å². The van der Waals surface area contributed by atoms with Crippen LogP contribution in [0.25, 0.3) is 0 Å². The van der Waals surface area contributed by atoms with Crippen LogP contribution < -0.4 is 0 Å². The maximum Gasteiger partial charge on any atom is 0.348 e. The molecule has 50 valence electrons. The van der Waals surface area contributed by atoms with Crippen molar-refractivity contribution in [3.63, 3.8) is 0 Å². The summed E-state index contributed by atoms with van der Waals surface area (Å²) in [5.74, 6) is -0.368. The van der Waals surface area contributed by atoms with Crippen molar-refractivity contribution >= 4 is 17.7 Å². The third kappa shape index (κ3) is 1.03. The van der Waals surface area contributed by atoms with Gasteiger partial charge < -0.3 is 9.84 Å². The smallest absolute Gasteiger partial charge is 0.348 e. The first kappa shape index (κ1) is 6.48. The summed E-state index contributed by atoms with van der Waals surface area (Å²) in [6, 6.07) is 0. The third-order valence-corrected chi connectivity index (χ3v) is 1.80. The summed E-state index contributed by atoms with van der Waals surface area (Å²) in [7, 11) is 0. The standard InChI is InChI=1S/C5H6O3S/c1-9-4-3(6)2-8-5(4)7/h6H,2H2,1H3. The van der Waals surface area contributed by atoms with Gasteiger partial charge in [-0.15, -0.1) is 11.8 Å². The molecule has 1 N–H and O–H groups in total. The molecular formula is C5H6O3S. The maximum absolute atomic E-state index is 10.6. The molecule has 0 aromatic carbocycles. The molecule has 1 rings (SSSR count). The van der Waals surface area contributed by atoms with Crippen LogP contribution in [0.5, 0.6) is 0 Å². The Morgan fingerprint density at radius 1 is 1.78 bits per heavy atom. The number of carbonyl (C=O) groups is 1. The monoisotopic (exact) mass is 146 g/mol. The van der Waals surface area contributed by atoms with Crippen molar-refractivity contribution in [2.24, 2.45) is 0 Å². The summed E-state index contributed by atoms with van der Waals surface area (Å²) in [6.07, 6.45) is 1.72. The van der Waals surface area contributed by atoms with Gasteiger partial charge in [0.15, 0.2) is 5.76 Å². The van der Waals surface area contributed by atoms with Crippen molar-refractivity contribution in [1.29, 1.82) is 0 Å². The highest BCUT2D eigenvalue weighted by Crippen LogP contribution is 2.22. The van der Waals surface area contributed by atoms with E-state index in [1.54, 1.807) is 6.26 Å². The zero-order chi connectivity index (χ0) is 6.85. The second-order valence-electron chi connectivity index (χ2n) is 1.56. The molecule has 9 heavy (non-hydrogen) atoms. The van der Waals surface area contributed by atoms with E-state index >= 15 is 0 Å². The minimum absolute atomic E-state index is 0.0367. The van der Waals surface area contributed by atoms with Gasteiger partial charge >= 0.3 is 5.97 Å². The molecule has 0 unspecified atom stereocenters. The van der Waals surface area contributed by atoms with Crippen molar-refractivity contribution < 1.29 is 14.6 Å². The fraction of sp³-hybridized carbons (Fsp3) is 0.400. The molecule has 0 saturated heterocycles. The molecule has 1 heterocycles. The van der Waals surface area contributed by atoms with Crippen molar-refractivity contribution in [1.82, 2.24) is 0 Å². The highest BCUT2D eigenvalue weighted by molar-refractivity contribution is 8.03. The number of carbonyl (C=O) groups excluding carboxylic acids is 1. The summed E-state index contributed by atoms with van der Waals surface area (Å²) in [6.45, 7) is 0.0367. The fourth-order valence-corrected chi connectivity index (χ4v) is 1.10. The summed E-state index contributed by atoms with van der Waals surface area (Å²) in [5, 5.41) is 8.87. The van der Waals surface area contributed by atoms with Gasteiger partial charge in [0.25, 0.3) is 0 Å². The van der Waals surface area contributed by atoms with Gasteiger partial charge in [-0.25, -0.2) is 4.79 Å². The molecule has 1 aliphatic heterocycles. The lowest BCUT2D eigenvalue weighted by Gasteiger charge is -1.88. The van der Waals surface area contributed by atoms with Crippen LogP contribution in [0.15, 0.2) is 10.7 Å². The molecule has 0 aromatic rings. The van der Waals surface area contributed by atoms with Crippen LogP contribution in [0.3, 0.4) is 0 Å². The molecule has 0 radical (unpaired) electrons. The van der Waals surface area contributed by atoms with E-state index in [1.165, 1.54) is 11.8 Å². The predicted molar refractivity (Wildman–Crippen MR) is 34.1 cm³/mol. The van der Waals surface area contributed by atoms with E-state index in [0.717, 1.165) is 0 Å². The molecule has 0 saturated carbocycles. The highest BCUT2D eigenvalue weighted by Gasteiger charge is 2.23. The fourth-order valence-electron chi connectivity index (χ4n) is 0.584. The number of hydrogen-bond acceptors (Lipinski definition) is 4. The average molecular weight is 146 g/mol. The molecule has 0 atom stereocenters. The Kier molecular flexibility index (Phi) is 1.66. The van der Waals surface area contributed by atoms with Crippen molar-refractivity contribution in [3.05, 3.63) is 10.7 Å². The molecule has 0 aromatic heterocycles. The number of ether oxygens (including phenoxy) is 1. The second kappa shape index (κ2) is 2.31. The Hall–Kier alpha value is -0.640. The van der Waals surface area contributed by atoms with Gasteiger partial charge in [-0.3, -0.25) is 0 Å². The lowest BCUT2D eigenvalue weighted by molar-refractivity contribution is -0.135. The molecule has 4 heteroatoms. The lowest BCUT2D eigenvalue weighted by Crippen LogP contribution is -1.95. The predicted octanol–water partition coefficient (Wildman–Crippen LogP) is 0.676. The number of thioether (sulfide) groups is 1.